The molecule has 2 aromatic carbocycles. The summed E-state index contributed by atoms with van der Waals surface area (Å²) in [6.45, 7) is 9.88. The highest BCUT2D eigenvalue weighted by Crippen LogP contribution is 2.36. The third kappa shape index (κ3) is 5.17. The summed E-state index contributed by atoms with van der Waals surface area (Å²) in [5.74, 6) is -0.263. The minimum Gasteiger partial charge on any atom is -0.396 e. The van der Waals surface area contributed by atoms with Gasteiger partial charge in [0.2, 0.25) is 0 Å². The fourth-order valence-corrected chi connectivity index (χ4v) is 5.71. The lowest BCUT2D eigenvalue weighted by atomic mass is 9.90. The van der Waals surface area contributed by atoms with E-state index in [0.29, 0.717) is 0 Å². The first-order chi connectivity index (χ1) is 17.2. The predicted molar refractivity (Wildman–Crippen MR) is 139 cm³/mol. The summed E-state index contributed by atoms with van der Waals surface area (Å²) in [5, 5.41) is 25.1. The Bertz CT molecular complexity index is 1350. The first-order valence-corrected chi connectivity index (χ1v) is 12.9. The van der Waals surface area contributed by atoms with Crippen LogP contribution < -0.4 is 0 Å². The van der Waals surface area contributed by atoms with Crippen molar-refractivity contribution in [2.24, 2.45) is 12.5 Å². The molecule has 1 N–H and O–H groups in total. The molecular formula is C26H32FN7OS. The lowest BCUT2D eigenvalue weighted by molar-refractivity contribution is 0.0501. The van der Waals surface area contributed by atoms with Gasteiger partial charge in [-0.3, -0.25) is 4.90 Å². The molecule has 0 radical (unpaired) electrons. The van der Waals surface area contributed by atoms with Crippen LogP contribution in [0.3, 0.4) is 0 Å². The van der Waals surface area contributed by atoms with Crippen molar-refractivity contribution in [3.8, 4) is 5.69 Å². The van der Waals surface area contributed by atoms with Gasteiger partial charge in [-0.2, -0.15) is 15.0 Å². The number of nitrogens with zero attached hydrogens (tertiary/aromatic N) is 7. The van der Waals surface area contributed by atoms with Gasteiger partial charge < -0.3 is 5.11 Å². The first-order valence-electron chi connectivity index (χ1n) is 12.1. The van der Waals surface area contributed by atoms with Gasteiger partial charge in [0.1, 0.15) is 5.82 Å². The average Bonchev–Trinajstić information content (AvgIpc) is 3.45. The first kappa shape index (κ1) is 24.9. The van der Waals surface area contributed by atoms with Crippen LogP contribution >= 0.6 is 11.9 Å². The van der Waals surface area contributed by atoms with Crippen LogP contribution in [-0.4, -0.2) is 71.9 Å². The van der Waals surface area contributed by atoms with Crippen molar-refractivity contribution in [1.29, 1.82) is 0 Å². The van der Waals surface area contributed by atoms with Gasteiger partial charge >= 0.3 is 0 Å². The lowest BCUT2D eigenvalue weighted by Crippen LogP contribution is -2.49. The molecule has 4 aromatic rings. The third-order valence-electron chi connectivity index (χ3n) is 6.70. The Morgan fingerprint density at radius 1 is 1.11 bits per heavy atom. The Morgan fingerprint density at radius 3 is 2.58 bits per heavy atom. The number of aromatic nitrogens is 5. The monoisotopic (exact) mass is 509 g/mol. The van der Waals surface area contributed by atoms with Crippen molar-refractivity contribution in [3.63, 3.8) is 0 Å². The summed E-state index contributed by atoms with van der Waals surface area (Å²) < 4.78 is 17.7. The van der Waals surface area contributed by atoms with E-state index in [1.54, 1.807) is 35.1 Å². The Morgan fingerprint density at radius 2 is 1.89 bits per heavy atom. The molecule has 1 fully saturated rings. The standard InChI is InChI=1S/C26H32FN7OS/c1-18-11-23-19(13-29-34(23)21-7-5-20(27)6-8-21)12-22(18)24-15-33(36-25-14-28-31(4)30-25)10-9-32(24)16-26(2,3)17-35/h5-8,11-14,24,35H,9-10,15-17H2,1-4H3. The molecule has 1 unspecified atom stereocenters. The molecule has 0 aliphatic carbocycles. The number of rotatable bonds is 7. The summed E-state index contributed by atoms with van der Waals surface area (Å²) in [5.41, 5.74) is 4.04. The van der Waals surface area contributed by atoms with Gasteiger partial charge in [-0.25, -0.2) is 13.4 Å². The molecule has 0 amide bonds. The number of piperazine rings is 1. The summed E-state index contributed by atoms with van der Waals surface area (Å²) in [4.78, 5) is 4.07. The molecule has 8 nitrogen and oxygen atoms in total. The van der Waals surface area contributed by atoms with E-state index in [9.17, 15) is 9.50 Å². The highest BCUT2D eigenvalue weighted by atomic mass is 32.2. The van der Waals surface area contributed by atoms with E-state index in [1.165, 1.54) is 23.3 Å². The summed E-state index contributed by atoms with van der Waals surface area (Å²) in [6, 6.07) is 10.9. The second-order valence-corrected chi connectivity index (χ2v) is 11.4. The summed E-state index contributed by atoms with van der Waals surface area (Å²) in [6.07, 6.45) is 3.67. The molecule has 36 heavy (non-hydrogen) atoms. The van der Waals surface area contributed by atoms with Crippen LogP contribution in [-0.2, 0) is 7.05 Å². The molecule has 1 saturated heterocycles. The van der Waals surface area contributed by atoms with Crippen LogP contribution in [0.1, 0.15) is 31.0 Å². The molecule has 0 bridgehead atoms. The smallest absolute Gasteiger partial charge is 0.153 e. The van der Waals surface area contributed by atoms with Crippen molar-refractivity contribution < 1.29 is 9.50 Å². The third-order valence-corrected chi connectivity index (χ3v) is 7.66. The van der Waals surface area contributed by atoms with E-state index >= 15 is 0 Å². The van der Waals surface area contributed by atoms with Crippen LogP contribution in [0.4, 0.5) is 4.39 Å². The predicted octanol–water partition coefficient (Wildman–Crippen LogP) is 3.99. The van der Waals surface area contributed by atoms with E-state index in [2.05, 4.69) is 57.4 Å². The van der Waals surface area contributed by atoms with E-state index in [-0.39, 0.29) is 23.9 Å². The number of aliphatic hydroxyl groups excluding tert-OH is 1. The van der Waals surface area contributed by atoms with Crippen molar-refractivity contribution in [1.82, 2.24) is 34.0 Å². The fourth-order valence-electron chi connectivity index (χ4n) is 4.81. The van der Waals surface area contributed by atoms with Gasteiger partial charge in [-0.05, 0) is 66.4 Å². The van der Waals surface area contributed by atoms with Crippen LogP contribution in [0.15, 0.2) is 53.8 Å². The number of benzene rings is 2. The van der Waals surface area contributed by atoms with E-state index in [0.717, 1.165) is 47.8 Å². The second kappa shape index (κ2) is 9.93. The van der Waals surface area contributed by atoms with E-state index < -0.39 is 0 Å². The normalized spacial score (nSPS) is 17.8. The summed E-state index contributed by atoms with van der Waals surface area (Å²) >= 11 is 1.64. The van der Waals surface area contributed by atoms with Crippen LogP contribution in [0.5, 0.6) is 0 Å². The molecule has 1 aliphatic heterocycles. The van der Waals surface area contributed by atoms with Crippen molar-refractivity contribution in [3.05, 3.63) is 65.7 Å². The highest BCUT2D eigenvalue weighted by Gasteiger charge is 2.34. The van der Waals surface area contributed by atoms with Gasteiger partial charge in [0.25, 0.3) is 0 Å². The molecule has 190 valence electrons. The van der Waals surface area contributed by atoms with Gasteiger partial charge in [0.15, 0.2) is 5.03 Å². The van der Waals surface area contributed by atoms with Gasteiger partial charge in [0, 0.05) is 56.7 Å². The van der Waals surface area contributed by atoms with Crippen molar-refractivity contribution >= 4 is 22.9 Å². The zero-order valence-corrected chi connectivity index (χ0v) is 21.9. The molecule has 2 aromatic heterocycles. The van der Waals surface area contributed by atoms with Crippen LogP contribution in [0, 0.1) is 18.2 Å². The molecular weight excluding hydrogens is 477 g/mol. The number of hydrogen-bond donors (Lipinski definition) is 1. The number of hydrogen-bond acceptors (Lipinski definition) is 7. The topological polar surface area (TPSA) is 75.2 Å². The van der Waals surface area contributed by atoms with E-state index in [1.807, 2.05) is 17.9 Å². The second-order valence-electron chi connectivity index (χ2n) is 10.3. The number of halogens is 1. The minimum absolute atomic E-state index is 0.136. The van der Waals surface area contributed by atoms with Crippen molar-refractivity contribution in [2.45, 2.75) is 31.8 Å². The molecule has 0 spiro atoms. The van der Waals surface area contributed by atoms with Gasteiger partial charge in [0.05, 0.1) is 23.6 Å². The number of aryl methyl sites for hydroxylation is 2. The Labute approximate surface area is 214 Å². The Balaban J connectivity index is 1.49. The largest absolute Gasteiger partial charge is 0.396 e. The Kier molecular flexibility index (Phi) is 6.86. The maximum absolute atomic E-state index is 13.5. The average molecular weight is 510 g/mol. The zero-order chi connectivity index (χ0) is 25.4. The molecule has 3 heterocycles. The van der Waals surface area contributed by atoms with Crippen LogP contribution in [0.2, 0.25) is 0 Å². The maximum atomic E-state index is 13.5. The molecule has 0 saturated carbocycles. The quantitative estimate of drug-likeness (QED) is 0.378. The Hall–Kier alpha value is -2.79. The van der Waals surface area contributed by atoms with Gasteiger partial charge in [-0.1, -0.05) is 13.8 Å². The molecule has 10 heteroatoms. The van der Waals surface area contributed by atoms with Crippen molar-refractivity contribution in [2.75, 3.05) is 32.8 Å². The molecule has 1 aliphatic rings. The van der Waals surface area contributed by atoms with E-state index in [4.69, 9.17) is 0 Å². The van der Waals surface area contributed by atoms with Crippen LogP contribution in [0.25, 0.3) is 16.6 Å². The minimum atomic E-state index is -0.263. The number of fused-ring (bicyclic) bond motifs is 1. The highest BCUT2D eigenvalue weighted by molar-refractivity contribution is 7.97. The zero-order valence-electron chi connectivity index (χ0n) is 21.1. The SMILES string of the molecule is Cc1cc2c(cnn2-c2ccc(F)cc2)cc1C1CN(Sc2cnn(C)n2)CCN1CC(C)(C)CO. The number of aliphatic hydroxyl groups is 1. The molecule has 5 rings (SSSR count). The van der Waals surface area contributed by atoms with Gasteiger partial charge in [-0.15, -0.1) is 5.10 Å². The fraction of sp³-hybridized carbons (Fsp3) is 0.423. The summed E-state index contributed by atoms with van der Waals surface area (Å²) in [7, 11) is 1.83. The lowest BCUT2D eigenvalue weighted by Gasteiger charge is -2.44. The maximum Gasteiger partial charge on any atom is 0.153 e. The molecule has 1 atom stereocenters.